The second-order valence-corrected chi connectivity index (χ2v) is 3.48. The Bertz CT molecular complexity index is 474. The van der Waals surface area contributed by atoms with E-state index in [-0.39, 0.29) is 0 Å². The van der Waals surface area contributed by atoms with E-state index in [9.17, 15) is 0 Å². The summed E-state index contributed by atoms with van der Waals surface area (Å²) in [7, 11) is 3.68. The molecule has 0 aliphatic carbocycles. The van der Waals surface area contributed by atoms with E-state index >= 15 is 0 Å². The van der Waals surface area contributed by atoms with E-state index in [1.807, 2.05) is 44.4 Å². The molecule has 3 nitrogen and oxygen atoms in total. The first-order valence-corrected chi connectivity index (χ1v) is 4.85. The summed E-state index contributed by atoms with van der Waals surface area (Å²) in [5, 5.41) is 0. The van der Waals surface area contributed by atoms with Crippen LogP contribution in [0.4, 0.5) is 0 Å². The monoisotopic (exact) mass is 202 g/mol. The lowest BCUT2D eigenvalue weighted by atomic mass is 10.2. The number of hydrogen-bond donors (Lipinski definition) is 0. The normalized spacial score (nSPS) is 10.3. The fourth-order valence-corrected chi connectivity index (χ4v) is 1.57. The van der Waals surface area contributed by atoms with Gasteiger partial charge in [-0.05, 0) is 19.1 Å². The zero-order valence-corrected chi connectivity index (χ0v) is 9.19. The van der Waals surface area contributed by atoms with Gasteiger partial charge >= 0.3 is 0 Å². The average Bonchev–Trinajstić information content (AvgIpc) is 2.60. The lowest BCUT2D eigenvalue weighted by Gasteiger charge is -2.08. The molecule has 0 spiro atoms. The average molecular weight is 202 g/mol. The standard InChI is InChI=1S/C12H14N2O/c1-9-8-13-12(14(9)2)10-6-4-5-7-11(10)15-3/h4-8H,1-3H3. The van der Waals surface area contributed by atoms with Crippen molar-refractivity contribution in [2.24, 2.45) is 7.05 Å². The molecule has 3 heteroatoms. The van der Waals surface area contributed by atoms with Gasteiger partial charge in [-0.2, -0.15) is 0 Å². The summed E-state index contributed by atoms with van der Waals surface area (Å²) in [6.07, 6.45) is 1.86. The van der Waals surface area contributed by atoms with Gasteiger partial charge in [0, 0.05) is 18.9 Å². The van der Waals surface area contributed by atoms with Crippen LogP contribution in [0.15, 0.2) is 30.5 Å². The Balaban J connectivity index is 2.58. The Morgan fingerprint density at radius 2 is 2.00 bits per heavy atom. The molecule has 0 saturated heterocycles. The van der Waals surface area contributed by atoms with Crippen LogP contribution in [0.3, 0.4) is 0 Å². The fraction of sp³-hybridized carbons (Fsp3) is 0.250. The molecule has 0 fully saturated rings. The van der Waals surface area contributed by atoms with Crippen LogP contribution in [0.2, 0.25) is 0 Å². The molecule has 0 aliphatic heterocycles. The largest absolute Gasteiger partial charge is 0.496 e. The molecule has 0 N–H and O–H groups in total. The highest BCUT2D eigenvalue weighted by molar-refractivity contribution is 5.64. The van der Waals surface area contributed by atoms with E-state index in [2.05, 4.69) is 9.55 Å². The molecule has 0 amide bonds. The van der Waals surface area contributed by atoms with Crippen molar-refractivity contribution in [2.75, 3.05) is 7.11 Å². The second kappa shape index (κ2) is 3.77. The number of hydrogen-bond acceptors (Lipinski definition) is 2. The van der Waals surface area contributed by atoms with Crippen LogP contribution in [0, 0.1) is 6.92 Å². The van der Waals surface area contributed by atoms with E-state index in [4.69, 9.17) is 4.74 Å². The van der Waals surface area contributed by atoms with Gasteiger partial charge in [0.2, 0.25) is 0 Å². The Hall–Kier alpha value is -1.77. The maximum Gasteiger partial charge on any atom is 0.143 e. The summed E-state index contributed by atoms with van der Waals surface area (Å²) in [6, 6.07) is 7.90. The van der Waals surface area contributed by atoms with Crippen LogP contribution >= 0.6 is 0 Å². The number of para-hydroxylation sites is 1. The molecule has 15 heavy (non-hydrogen) atoms. The van der Waals surface area contributed by atoms with Crippen LogP contribution in [-0.2, 0) is 7.05 Å². The summed E-state index contributed by atoms with van der Waals surface area (Å²) >= 11 is 0. The highest BCUT2D eigenvalue weighted by Crippen LogP contribution is 2.28. The molecule has 2 aromatic rings. The third-order valence-electron chi connectivity index (χ3n) is 2.57. The van der Waals surface area contributed by atoms with Gasteiger partial charge in [-0.1, -0.05) is 12.1 Å². The summed E-state index contributed by atoms with van der Waals surface area (Å²) in [4.78, 5) is 4.38. The van der Waals surface area contributed by atoms with Crippen LogP contribution in [0.1, 0.15) is 5.69 Å². The predicted octanol–water partition coefficient (Wildman–Crippen LogP) is 2.40. The Morgan fingerprint density at radius 1 is 1.27 bits per heavy atom. The summed E-state index contributed by atoms with van der Waals surface area (Å²) in [5.74, 6) is 1.79. The van der Waals surface area contributed by atoms with Crippen molar-refractivity contribution >= 4 is 0 Å². The Kier molecular flexibility index (Phi) is 2.46. The molecule has 1 aromatic heterocycles. The fourth-order valence-electron chi connectivity index (χ4n) is 1.57. The van der Waals surface area contributed by atoms with Gasteiger partial charge in [0.25, 0.3) is 0 Å². The molecule has 0 aliphatic rings. The van der Waals surface area contributed by atoms with Crippen molar-refractivity contribution < 1.29 is 4.74 Å². The Labute approximate surface area is 89.3 Å². The molecule has 78 valence electrons. The van der Waals surface area contributed by atoms with Crippen LogP contribution in [-0.4, -0.2) is 16.7 Å². The van der Waals surface area contributed by atoms with Gasteiger partial charge in [0.1, 0.15) is 11.6 Å². The quantitative estimate of drug-likeness (QED) is 0.747. The summed E-state index contributed by atoms with van der Waals surface area (Å²) in [5.41, 5.74) is 2.16. The number of benzene rings is 1. The number of imidazole rings is 1. The first-order valence-electron chi connectivity index (χ1n) is 4.85. The highest BCUT2D eigenvalue weighted by atomic mass is 16.5. The maximum absolute atomic E-state index is 5.31. The minimum Gasteiger partial charge on any atom is -0.496 e. The number of aryl methyl sites for hydroxylation is 1. The van der Waals surface area contributed by atoms with Gasteiger partial charge < -0.3 is 9.30 Å². The van der Waals surface area contributed by atoms with Crippen molar-refractivity contribution in [1.29, 1.82) is 0 Å². The molecule has 0 bridgehead atoms. The minimum absolute atomic E-state index is 0.853. The van der Waals surface area contributed by atoms with E-state index in [1.54, 1.807) is 7.11 Å². The van der Waals surface area contributed by atoms with Gasteiger partial charge in [-0.3, -0.25) is 0 Å². The minimum atomic E-state index is 0.853. The zero-order chi connectivity index (χ0) is 10.8. The van der Waals surface area contributed by atoms with Gasteiger partial charge in [-0.15, -0.1) is 0 Å². The summed E-state index contributed by atoms with van der Waals surface area (Å²) in [6.45, 7) is 2.03. The molecule has 0 saturated carbocycles. The molecule has 0 radical (unpaired) electrons. The topological polar surface area (TPSA) is 27.1 Å². The van der Waals surface area contributed by atoms with E-state index in [0.29, 0.717) is 0 Å². The Morgan fingerprint density at radius 3 is 2.60 bits per heavy atom. The zero-order valence-electron chi connectivity index (χ0n) is 9.19. The summed E-state index contributed by atoms with van der Waals surface area (Å²) < 4.78 is 7.36. The van der Waals surface area contributed by atoms with E-state index < -0.39 is 0 Å². The van der Waals surface area contributed by atoms with Crippen molar-refractivity contribution in [3.8, 4) is 17.1 Å². The molecule has 1 heterocycles. The van der Waals surface area contributed by atoms with Crippen molar-refractivity contribution in [2.45, 2.75) is 6.92 Å². The van der Waals surface area contributed by atoms with Crippen molar-refractivity contribution in [3.63, 3.8) is 0 Å². The van der Waals surface area contributed by atoms with Gasteiger partial charge in [0.15, 0.2) is 0 Å². The predicted molar refractivity (Wildman–Crippen MR) is 59.9 cm³/mol. The lowest BCUT2D eigenvalue weighted by Crippen LogP contribution is -1.96. The molecule has 1 aromatic carbocycles. The molecule has 0 atom stereocenters. The van der Waals surface area contributed by atoms with Gasteiger partial charge in [0.05, 0.1) is 12.7 Å². The molecular formula is C12H14N2O. The van der Waals surface area contributed by atoms with Crippen molar-refractivity contribution in [3.05, 3.63) is 36.2 Å². The number of ether oxygens (including phenoxy) is 1. The highest BCUT2D eigenvalue weighted by Gasteiger charge is 2.10. The smallest absolute Gasteiger partial charge is 0.143 e. The molecule has 0 unspecified atom stereocenters. The molecule has 2 rings (SSSR count). The van der Waals surface area contributed by atoms with Crippen molar-refractivity contribution in [1.82, 2.24) is 9.55 Å². The number of methoxy groups -OCH3 is 1. The van der Waals surface area contributed by atoms with Crippen LogP contribution < -0.4 is 4.74 Å². The van der Waals surface area contributed by atoms with Crippen LogP contribution in [0.5, 0.6) is 5.75 Å². The third kappa shape index (κ3) is 1.61. The van der Waals surface area contributed by atoms with Gasteiger partial charge in [-0.25, -0.2) is 4.98 Å². The first-order chi connectivity index (χ1) is 7.24. The molecular weight excluding hydrogens is 188 g/mol. The van der Waals surface area contributed by atoms with Crippen LogP contribution in [0.25, 0.3) is 11.4 Å². The third-order valence-corrected chi connectivity index (χ3v) is 2.57. The number of aromatic nitrogens is 2. The second-order valence-electron chi connectivity index (χ2n) is 3.48. The van der Waals surface area contributed by atoms with E-state index in [1.165, 1.54) is 0 Å². The lowest BCUT2D eigenvalue weighted by molar-refractivity contribution is 0.416. The maximum atomic E-state index is 5.31. The van der Waals surface area contributed by atoms with E-state index in [0.717, 1.165) is 22.8 Å². The number of rotatable bonds is 2. The SMILES string of the molecule is COc1ccccc1-c1ncc(C)n1C. The first kappa shape index (κ1) is 9.77. The number of nitrogens with zero attached hydrogens (tertiary/aromatic N) is 2.